The van der Waals surface area contributed by atoms with Crippen molar-refractivity contribution in [1.29, 1.82) is 0 Å². The molecule has 2 aliphatic heterocycles. The molecule has 214 valence electrons. The quantitative estimate of drug-likeness (QED) is 0.325. The maximum Gasteiger partial charge on any atom is 0.319 e. The van der Waals surface area contributed by atoms with Crippen LogP contribution in [0.5, 0.6) is 11.9 Å². The van der Waals surface area contributed by atoms with E-state index < -0.39 is 5.54 Å². The van der Waals surface area contributed by atoms with Crippen LogP contribution in [0.1, 0.15) is 64.6 Å². The zero-order valence-corrected chi connectivity index (χ0v) is 24.5. The summed E-state index contributed by atoms with van der Waals surface area (Å²) in [4.78, 5) is 44.5. The van der Waals surface area contributed by atoms with Crippen molar-refractivity contribution in [3.8, 4) is 23.3 Å². The fourth-order valence-corrected chi connectivity index (χ4v) is 6.91. The molecule has 1 saturated carbocycles. The Labute approximate surface area is 247 Å². The number of anilines is 2. The highest BCUT2D eigenvalue weighted by atomic mass is 35.5. The molecule has 4 heterocycles. The molecule has 0 saturated heterocycles. The molecule has 4 aromatic rings. The molecule has 0 radical (unpaired) electrons. The number of imidazole rings is 1. The number of rotatable bonds is 5. The largest absolute Gasteiger partial charge is 0.480 e. The second-order valence-corrected chi connectivity index (χ2v) is 11.4. The zero-order chi connectivity index (χ0) is 29.3. The smallest absolute Gasteiger partial charge is 0.319 e. The van der Waals surface area contributed by atoms with E-state index >= 15 is 0 Å². The van der Waals surface area contributed by atoms with Gasteiger partial charge in [-0.25, -0.2) is 9.97 Å². The minimum Gasteiger partial charge on any atom is -0.480 e. The van der Waals surface area contributed by atoms with E-state index in [1.54, 1.807) is 23.2 Å². The van der Waals surface area contributed by atoms with Gasteiger partial charge in [-0.05, 0) is 56.0 Å². The number of hydrogen-bond donors (Lipinski definition) is 1. The number of nitrogens with one attached hydrogen (secondary N) is 1. The lowest BCUT2D eigenvalue weighted by Gasteiger charge is -2.37. The Hall–Kier alpha value is -4.44. The van der Waals surface area contributed by atoms with Crippen molar-refractivity contribution in [3.63, 3.8) is 0 Å². The number of halogens is 1. The Balaban J connectivity index is 1.59. The first-order valence-electron chi connectivity index (χ1n) is 13.9. The summed E-state index contributed by atoms with van der Waals surface area (Å²) in [6.07, 6.45) is 5.38. The maximum absolute atomic E-state index is 14.7. The van der Waals surface area contributed by atoms with Gasteiger partial charge in [0.15, 0.2) is 11.2 Å². The summed E-state index contributed by atoms with van der Waals surface area (Å²) in [5, 5.41) is 3.53. The summed E-state index contributed by atoms with van der Waals surface area (Å²) in [7, 11) is 3.00. The van der Waals surface area contributed by atoms with Gasteiger partial charge in [0.2, 0.25) is 5.88 Å². The Morgan fingerprint density at radius 2 is 1.81 bits per heavy atom. The number of aromatic nitrogens is 4. The van der Waals surface area contributed by atoms with E-state index in [2.05, 4.69) is 19.9 Å². The summed E-state index contributed by atoms with van der Waals surface area (Å²) in [6, 6.07) is 11.4. The van der Waals surface area contributed by atoms with Crippen LogP contribution >= 0.6 is 11.6 Å². The average Bonchev–Trinajstić information content (AvgIpc) is 3.74. The van der Waals surface area contributed by atoms with E-state index in [1.807, 2.05) is 38.1 Å². The lowest BCUT2D eigenvalue weighted by molar-refractivity contribution is -0.119. The second-order valence-electron chi connectivity index (χ2n) is 11.0. The van der Waals surface area contributed by atoms with E-state index in [9.17, 15) is 9.59 Å². The third kappa shape index (κ3) is 3.54. The van der Waals surface area contributed by atoms with Crippen molar-refractivity contribution in [2.75, 3.05) is 24.4 Å². The molecule has 1 atom stereocenters. The molecular formula is C31H29ClN6O4. The SMILES string of the molecule is COc1ncc(-c2nc3c(n2C2CCCC2)C2(C(=O)Nc4cc(Cl)ccc42)N(c2cc(C)ccc2C)C3=O)c(OC)n1. The van der Waals surface area contributed by atoms with Crippen LogP contribution in [-0.4, -0.2) is 45.6 Å². The number of aryl methyl sites for hydroxylation is 2. The van der Waals surface area contributed by atoms with Crippen LogP contribution in [-0.2, 0) is 10.3 Å². The molecule has 10 nitrogen and oxygen atoms in total. The zero-order valence-electron chi connectivity index (χ0n) is 23.7. The van der Waals surface area contributed by atoms with Crippen molar-refractivity contribution >= 4 is 34.8 Å². The first-order chi connectivity index (χ1) is 20.3. The molecule has 2 amide bonds. The molecule has 11 heteroatoms. The summed E-state index contributed by atoms with van der Waals surface area (Å²) >= 11 is 6.38. The number of carbonyl (C=O) groups is 2. The summed E-state index contributed by atoms with van der Waals surface area (Å²) in [6.45, 7) is 3.91. The molecule has 7 rings (SSSR count). The Bertz CT molecular complexity index is 1800. The number of benzene rings is 2. The molecule has 1 spiro atoms. The van der Waals surface area contributed by atoms with Crippen LogP contribution in [0.15, 0.2) is 42.6 Å². The van der Waals surface area contributed by atoms with E-state index in [-0.39, 0.29) is 35.4 Å². The number of hydrogen-bond acceptors (Lipinski definition) is 7. The van der Waals surface area contributed by atoms with Gasteiger partial charge in [0, 0.05) is 34.2 Å². The first-order valence-corrected chi connectivity index (χ1v) is 14.3. The molecule has 0 bridgehead atoms. The van der Waals surface area contributed by atoms with Crippen LogP contribution in [0.25, 0.3) is 11.4 Å². The van der Waals surface area contributed by atoms with Crippen LogP contribution < -0.4 is 19.7 Å². The monoisotopic (exact) mass is 584 g/mol. The second kappa shape index (κ2) is 9.55. The fourth-order valence-electron chi connectivity index (χ4n) is 6.74. The van der Waals surface area contributed by atoms with Crippen molar-refractivity contribution in [1.82, 2.24) is 19.5 Å². The number of carbonyl (C=O) groups excluding carboxylic acids is 2. The van der Waals surface area contributed by atoms with Gasteiger partial charge in [-0.15, -0.1) is 0 Å². The van der Waals surface area contributed by atoms with Gasteiger partial charge < -0.3 is 19.4 Å². The molecule has 3 aliphatic rings. The van der Waals surface area contributed by atoms with Gasteiger partial charge in [-0.2, -0.15) is 4.98 Å². The predicted molar refractivity (Wildman–Crippen MR) is 157 cm³/mol. The number of amides is 2. The van der Waals surface area contributed by atoms with Gasteiger partial charge in [-0.3, -0.25) is 14.5 Å². The van der Waals surface area contributed by atoms with Gasteiger partial charge in [0.25, 0.3) is 11.8 Å². The van der Waals surface area contributed by atoms with E-state index in [1.165, 1.54) is 14.2 Å². The summed E-state index contributed by atoms with van der Waals surface area (Å²) in [5.74, 6) is 0.0510. The first kappa shape index (κ1) is 26.5. The van der Waals surface area contributed by atoms with Gasteiger partial charge >= 0.3 is 6.01 Å². The van der Waals surface area contributed by atoms with Crippen LogP contribution in [0.3, 0.4) is 0 Å². The molecule has 1 N–H and O–H groups in total. The normalized spacial score (nSPS) is 19.4. The highest BCUT2D eigenvalue weighted by Crippen LogP contribution is 2.56. The number of nitrogens with zero attached hydrogens (tertiary/aromatic N) is 5. The summed E-state index contributed by atoms with van der Waals surface area (Å²) in [5.41, 5.74) is 3.45. The van der Waals surface area contributed by atoms with E-state index in [0.29, 0.717) is 39.0 Å². The van der Waals surface area contributed by atoms with Gasteiger partial charge in [0.1, 0.15) is 5.82 Å². The van der Waals surface area contributed by atoms with Gasteiger partial charge in [-0.1, -0.05) is 42.6 Å². The highest BCUT2D eigenvalue weighted by molar-refractivity contribution is 6.31. The standard InChI is InChI=1S/C31H29ClN6O4/c1-16-9-10-17(2)23(13-16)38-28(39)24-25(31(38)21-12-11-18(32)14-22(21)34-29(31)40)37(19-7-5-6-8-19)26(35-24)20-15-33-30(42-4)36-27(20)41-3/h9-15,19H,5-8H2,1-4H3,(H,34,40). The van der Waals surface area contributed by atoms with E-state index in [0.717, 1.165) is 36.8 Å². The Morgan fingerprint density at radius 3 is 2.55 bits per heavy atom. The third-order valence-corrected chi connectivity index (χ3v) is 8.82. The highest BCUT2D eigenvalue weighted by Gasteiger charge is 2.64. The minimum absolute atomic E-state index is 0.00422. The van der Waals surface area contributed by atoms with Crippen LogP contribution in [0.2, 0.25) is 5.02 Å². The van der Waals surface area contributed by atoms with Crippen molar-refractivity contribution < 1.29 is 19.1 Å². The Kier molecular flexibility index (Phi) is 6.02. The minimum atomic E-state index is -1.51. The Morgan fingerprint density at radius 1 is 1.02 bits per heavy atom. The number of fused-ring (bicyclic) bond motifs is 4. The summed E-state index contributed by atoms with van der Waals surface area (Å²) < 4.78 is 12.9. The topological polar surface area (TPSA) is 111 Å². The van der Waals surface area contributed by atoms with Gasteiger partial charge in [0.05, 0.1) is 25.5 Å². The number of ether oxygens (including phenoxy) is 2. The molecule has 1 aliphatic carbocycles. The lowest BCUT2D eigenvalue weighted by atomic mass is 9.86. The average molecular weight is 585 g/mol. The lowest BCUT2D eigenvalue weighted by Crippen LogP contribution is -2.51. The fraction of sp³-hybridized carbons (Fsp3) is 0.323. The van der Waals surface area contributed by atoms with Crippen molar-refractivity contribution in [2.45, 2.75) is 51.1 Å². The molecule has 2 aromatic carbocycles. The molecule has 2 aromatic heterocycles. The molecule has 42 heavy (non-hydrogen) atoms. The van der Waals surface area contributed by atoms with Crippen molar-refractivity contribution in [2.24, 2.45) is 0 Å². The maximum atomic E-state index is 14.7. The third-order valence-electron chi connectivity index (χ3n) is 8.59. The van der Waals surface area contributed by atoms with Crippen molar-refractivity contribution in [3.05, 3.63) is 75.7 Å². The van der Waals surface area contributed by atoms with Crippen LogP contribution in [0.4, 0.5) is 11.4 Å². The molecular weight excluding hydrogens is 556 g/mol. The predicted octanol–water partition coefficient (Wildman–Crippen LogP) is 5.60. The van der Waals surface area contributed by atoms with Crippen LogP contribution in [0, 0.1) is 13.8 Å². The van der Waals surface area contributed by atoms with E-state index in [4.69, 9.17) is 26.1 Å². The number of methoxy groups -OCH3 is 2. The molecule has 1 fully saturated rings. The molecule has 1 unspecified atom stereocenters.